The van der Waals surface area contributed by atoms with Gasteiger partial charge in [-0.15, -0.1) is 0 Å². The second-order valence-electron chi connectivity index (χ2n) is 1.36. The van der Waals surface area contributed by atoms with Crippen LogP contribution in [0.25, 0.3) is 0 Å². The lowest BCUT2D eigenvalue weighted by atomic mass is 10.5. The highest BCUT2D eigenvalue weighted by Gasteiger charge is 1.81. The van der Waals surface area contributed by atoms with Crippen molar-refractivity contribution in [2.45, 2.75) is 20.3 Å². The van der Waals surface area contributed by atoms with Crippen molar-refractivity contribution in [1.82, 2.24) is 0 Å². The molecule has 0 aromatic rings. The fraction of sp³-hybridized carbons (Fsp3) is 1.00. The SMILES string of the molecule is CCCOPOCC. The molecular formula is C5H13O2P. The molecule has 2 nitrogen and oxygen atoms in total. The van der Waals surface area contributed by atoms with E-state index in [-0.39, 0.29) is 9.03 Å². The van der Waals surface area contributed by atoms with E-state index in [1.165, 1.54) is 0 Å². The van der Waals surface area contributed by atoms with E-state index in [1.807, 2.05) is 6.92 Å². The third-order valence-corrected chi connectivity index (χ3v) is 1.30. The molecule has 0 amide bonds. The topological polar surface area (TPSA) is 18.5 Å². The summed E-state index contributed by atoms with van der Waals surface area (Å²) in [7, 11) is 0.239. The molecule has 0 bridgehead atoms. The van der Waals surface area contributed by atoms with Crippen molar-refractivity contribution in [1.29, 1.82) is 0 Å². The van der Waals surface area contributed by atoms with Gasteiger partial charge in [0.1, 0.15) is 0 Å². The maximum atomic E-state index is 5.03. The molecule has 8 heavy (non-hydrogen) atoms. The maximum Gasteiger partial charge on any atom is 0.155 e. The molecule has 0 N–H and O–H groups in total. The number of hydrogen-bond acceptors (Lipinski definition) is 2. The van der Waals surface area contributed by atoms with Crippen LogP contribution in [0.15, 0.2) is 0 Å². The largest absolute Gasteiger partial charge is 0.337 e. The van der Waals surface area contributed by atoms with Crippen LogP contribution in [0.4, 0.5) is 0 Å². The zero-order chi connectivity index (χ0) is 6.24. The first-order valence-electron chi connectivity index (χ1n) is 2.90. The van der Waals surface area contributed by atoms with Crippen LogP contribution in [0.2, 0.25) is 0 Å². The van der Waals surface area contributed by atoms with Gasteiger partial charge in [0.05, 0.1) is 13.2 Å². The molecule has 1 unspecified atom stereocenters. The Hall–Kier alpha value is 0.350. The first-order chi connectivity index (χ1) is 3.91. The smallest absolute Gasteiger partial charge is 0.155 e. The van der Waals surface area contributed by atoms with Crippen LogP contribution in [0.1, 0.15) is 20.3 Å². The van der Waals surface area contributed by atoms with E-state index in [4.69, 9.17) is 9.05 Å². The van der Waals surface area contributed by atoms with Crippen molar-refractivity contribution < 1.29 is 9.05 Å². The van der Waals surface area contributed by atoms with Crippen molar-refractivity contribution in [3.63, 3.8) is 0 Å². The molecule has 0 spiro atoms. The minimum Gasteiger partial charge on any atom is -0.337 e. The Morgan fingerprint density at radius 2 is 2.00 bits per heavy atom. The van der Waals surface area contributed by atoms with Gasteiger partial charge < -0.3 is 9.05 Å². The molecule has 0 aliphatic heterocycles. The van der Waals surface area contributed by atoms with E-state index in [0.29, 0.717) is 0 Å². The van der Waals surface area contributed by atoms with E-state index >= 15 is 0 Å². The van der Waals surface area contributed by atoms with Gasteiger partial charge in [0.2, 0.25) is 0 Å². The van der Waals surface area contributed by atoms with E-state index < -0.39 is 0 Å². The summed E-state index contributed by atoms with van der Waals surface area (Å²) in [5, 5.41) is 0. The summed E-state index contributed by atoms with van der Waals surface area (Å²) in [6, 6.07) is 0. The van der Waals surface area contributed by atoms with Crippen LogP contribution in [0.5, 0.6) is 0 Å². The number of rotatable bonds is 5. The minimum atomic E-state index is 0.239. The van der Waals surface area contributed by atoms with Gasteiger partial charge in [-0.2, -0.15) is 0 Å². The van der Waals surface area contributed by atoms with Gasteiger partial charge in [0.25, 0.3) is 0 Å². The van der Waals surface area contributed by atoms with E-state index in [9.17, 15) is 0 Å². The highest BCUT2D eigenvalue weighted by molar-refractivity contribution is 7.26. The van der Waals surface area contributed by atoms with Crippen LogP contribution in [0.3, 0.4) is 0 Å². The van der Waals surface area contributed by atoms with Crippen LogP contribution >= 0.6 is 9.03 Å². The average Bonchev–Trinajstić information content (AvgIpc) is 1.81. The summed E-state index contributed by atoms with van der Waals surface area (Å²) < 4.78 is 9.97. The molecule has 0 saturated heterocycles. The normalized spacial score (nSPS) is 11.2. The molecule has 0 aliphatic rings. The van der Waals surface area contributed by atoms with Gasteiger partial charge in [-0.1, -0.05) is 6.92 Å². The van der Waals surface area contributed by atoms with Gasteiger partial charge in [0, 0.05) is 0 Å². The summed E-state index contributed by atoms with van der Waals surface area (Å²) in [6.45, 7) is 5.61. The Balaban J connectivity index is 2.53. The Bertz CT molecular complexity index is 35.4. The Morgan fingerprint density at radius 3 is 2.50 bits per heavy atom. The molecule has 0 saturated carbocycles. The summed E-state index contributed by atoms with van der Waals surface area (Å²) in [5.74, 6) is 0. The second kappa shape index (κ2) is 7.35. The van der Waals surface area contributed by atoms with Crippen LogP contribution in [-0.2, 0) is 9.05 Å². The Labute approximate surface area is 52.5 Å². The fourth-order valence-corrected chi connectivity index (χ4v) is 0.733. The summed E-state index contributed by atoms with van der Waals surface area (Å²) >= 11 is 0. The zero-order valence-corrected chi connectivity index (χ0v) is 6.44. The molecule has 1 atom stereocenters. The maximum absolute atomic E-state index is 5.03. The van der Waals surface area contributed by atoms with Crippen molar-refractivity contribution in [3.8, 4) is 0 Å². The van der Waals surface area contributed by atoms with E-state index in [0.717, 1.165) is 19.6 Å². The van der Waals surface area contributed by atoms with Gasteiger partial charge in [0.15, 0.2) is 9.03 Å². The second-order valence-corrected chi connectivity index (χ2v) is 2.11. The lowest BCUT2D eigenvalue weighted by Gasteiger charge is -1.98. The Kier molecular flexibility index (Phi) is 7.67. The monoisotopic (exact) mass is 136 g/mol. The molecule has 0 aliphatic carbocycles. The van der Waals surface area contributed by atoms with Gasteiger partial charge in [-0.3, -0.25) is 0 Å². The van der Waals surface area contributed by atoms with Crippen molar-refractivity contribution >= 4 is 9.03 Å². The summed E-state index contributed by atoms with van der Waals surface area (Å²) in [5.41, 5.74) is 0. The average molecular weight is 136 g/mol. The van der Waals surface area contributed by atoms with Gasteiger partial charge in [-0.25, -0.2) is 0 Å². The van der Waals surface area contributed by atoms with E-state index in [2.05, 4.69) is 6.92 Å². The predicted molar refractivity (Wildman–Crippen MR) is 36.2 cm³/mol. The van der Waals surface area contributed by atoms with Crippen LogP contribution in [-0.4, -0.2) is 13.2 Å². The fourth-order valence-electron chi connectivity index (χ4n) is 0.244. The molecule has 0 radical (unpaired) electrons. The summed E-state index contributed by atoms with van der Waals surface area (Å²) in [6.07, 6.45) is 1.07. The molecular weight excluding hydrogens is 123 g/mol. The Morgan fingerprint density at radius 1 is 1.25 bits per heavy atom. The van der Waals surface area contributed by atoms with E-state index in [1.54, 1.807) is 0 Å². The number of hydrogen-bond donors (Lipinski definition) is 0. The first kappa shape index (κ1) is 8.35. The minimum absolute atomic E-state index is 0.239. The van der Waals surface area contributed by atoms with Crippen molar-refractivity contribution in [3.05, 3.63) is 0 Å². The molecule has 0 rings (SSSR count). The third kappa shape index (κ3) is 6.35. The van der Waals surface area contributed by atoms with Crippen molar-refractivity contribution in [2.24, 2.45) is 0 Å². The molecule has 0 fully saturated rings. The standard InChI is InChI=1S/C5H13O2P/c1-3-5-7-8-6-4-2/h8H,3-5H2,1-2H3. The first-order valence-corrected chi connectivity index (χ1v) is 3.72. The quantitative estimate of drug-likeness (QED) is 0.425. The van der Waals surface area contributed by atoms with Gasteiger partial charge in [-0.05, 0) is 13.3 Å². The predicted octanol–water partition coefficient (Wildman–Crippen LogP) is 1.96. The third-order valence-electron chi connectivity index (χ3n) is 0.568. The lowest BCUT2D eigenvalue weighted by Crippen LogP contribution is -1.82. The molecule has 0 aromatic carbocycles. The summed E-state index contributed by atoms with van der Waals surface area (Å²) in [4.78, 5) is 0. The lowest BCUT2D eigenvalue weighted by molar-refractivity contribution is 0.276. The highest BCUT2D eigenvalue weighted by atomic mass is 31.1. The van der Waals surface area contributed by atoms with Crippen LogP contribution in [0, 0.1) is 0 Å². The molecule has 50 valence electrons. The van der Waals surface area contributed by atoms with Crippen molar-refractivity contribution in [2.75, 3.05) is 13.2 Å². The zero-order valence-electron chi connectivity index (χ0n) is 5.44. The highest BCUT2D eigenvalue weighted by Crippen LogP contribution is 2.12. The van der Waals surface area contributed by atoms with Crippen LogP contribution < -0.4 is 0 Å². The molecule has 0 aromatic heterocycles. The molecule has 3 heteroatoms. The van der Waals surface area contributed by atoms with Gasteiger partial charge >= 0.3 is 0 Å². The molecule has 0 heterocycles.